The average Bonchev–Trinajstić information content (AvgIpc) is 2.77. The van der Waals surface area contributed by atoms with Gasteiger partial charge in [0.05, 0.1) is 11.4 Å². The second-order valence-corrected chi connectivity index (χ2v) is 9.06. The lowest BCUT2D eigenvalue weighted by atomic mass is 9.84. The molecule has 30 heavy (non-hydrogen) atoms. The van der Waals surface area contributed by atoms with Crippen molar-refractivity contribution in [1.29, 1.82) is 0 Å². The highest BCUT2D eigenvalue weighted by molar-refractivity contribution is 5.91. The van der Waals surface area contributed by atoms with Gasteiger partial charge in [0.25, 0.3) is 0 Å². The molecule has 2 nitrogen and oxygen atoms in total. The molecule has 0 spiro atoms. The summed E-state index contributed by atoms with van der Waals surface area (Å²) in [5.41, 5.74) is 10.1. The van der Waals surface area contributed by atoms with E-state index in [0.29, 0.717) is 11.8 Å². The van der Waals surface area contributed by atoms with Crippen molar-refractivity contribution in [3.63, 3.8) is 0 Å². The molecule has 0 fully saturated rings. The summed E-state index contributed by atoms with van der Waals surface area (Å²) >= 11 is 0. The smallest absolute Gasteiger partial charge is 0.0741 e. The Hall–Kier alpha value is -3.00. The van der Waals surface area contributed by atoms with Crippen LogP contribution < -0.4 is 0 Å². The Kier molecular flexibility index (Phi) is 4.66. The van der Waals surface area contributed by atoms with Crippen molar-refractivity contribution in [2.45, 2.75) is 52.4 Å². The zero-order chi connectivity index (χ0) is 20.8. The van der Waals surface area contributed by atoms with Gasteiger partial charge < -0.3 is 0 Å². The van der Waals surface area contributed by atoms with Crippen LogP contribution in [0.3, 0.4) is 0 Å². The molecule has 0 amide bonds. The summed E-state index contributed by atoms with van der Waals surface area (Å²) in [7, 11) is 0. The molecule has 2 aromatic carbocycles. The van der Waals surface area contributed by atoms with Crippen LogP contribution in [0.2, 0.25) is 0 Å². The molecule has 150 valence electrons. The summed E-state index contributed by atoms with van der Waals surface area (Å²) in [6.07, 6.45) is 6.04. The van der Waals surface area contributed by atoms with E-state index < -0.39 is 0 Å². The fourth-order valence-electron chi connectivity index (χ4n) is 4.71. The number of fused-ring (bicyclic) bond motifs is 4. The molecule has 2 aromatic heterocycles. The zero-order valence-electron chi connectivity index (χ0n) is 18.2. The summed E-state index contributed by atoms with van der Waals surface area (Å²) in [4.78, 5) is 9.74. The molecule has 1 aliphatic rings. The van der Waals surface area contributed by atoms with Crippen LogP contribution in [0.25, 0.3) is 33.3 Å². The van der Waals surface area contributed by atoms with Crippen LogP contribution in [0, 0.1) is 0 Å². The standard InChI is InChI=1S/C28H28N2/c1-17(2)22-14-20-9-10-24-25(27(20)30-16-22)11-12-29-28(24)21-13-19-7-5-6-8-23(19)26(15-21)18(3)4/h5-8,11-18H,9-10H2,1-4H3. The van der Waals surface area contributed by atoms with Crippen molar-refractivity contribution in [1.82, 2.24) is 9.97 Å². The van der Waals surface area contributed by atoms with Crippen LogP contribution in [0.15, 0.2) is 60.9 Å². The van der Waals surface area contributed by atoms with Crippen LogP contribution in [0.5, 0.6) is 0 Å². The lowest BCUT2D eigenvalue weighted by Gasteiger charge is -2.23. The van der Waals surface area contributed by atoms with E-state index in [1.807, 2.05) is 12.4 Å². The molecule has 0 saturated heterocycles. The maximum absolute atomic E-state index is 4.88. The summed E-state index contributed by atoms with van der Waals surface area (Å²) < 4.78 is 0. The van der Waals surface area contributed by atoms with Gasteiger partial charge in [0, 0.05) is 23.5 Å². The third-order valence-corrected chi connectivity index (χ3v) is 6.40. The van der Waals surface area contributed by atoms with Gasteiger partial charge in [-0.25, -0.2) is 0 Å². The number of nitrogens with zero attached hydrogens (tertiary/aromatic N) is 2. The fraction of sp³-hybridized carbons (Fsp3) is 0.286. The van der Waals surface area contributed by atoms with E-state index >= 15 is 0 Å². The number of benzene rings is 2. The van der Waals surface area contributed by atoms with Gasteiger partial charge in [0.2, 0.25) is 0 Å². The minimum atomic E-state index is 0.464. The lowest BCUT2D eigenvalue weighted by molar-refractivity contribution is 0.841. The molecule has 0 aliphatic heterocycles. The molecule has 0 unspecified atom stereocenters. The largest absolute Gasteiger partial charge is 0.256 e. The highest BCUT2D eigenvalue weighted by atomic mass is 14.7. The second kappa shape index (κ2) is 7.36. The topological polar surface area (TPSA) is 25.8 Å². The number of pyridine rings is 2. The summed E-state index contributed by atoms with van der Waals surface area (Å²) in [5.74, 6) is 0.968. The van der Waals surface area contributed by atoms with E-state index in [2.05, 4.69) is 76.2 Å². The van der Waals surface area contributed by atoms with Gasteiger partial charge >= 0.3 is 0 Å². The first-order valence-corrected chi connectivity index (χ1v) is 11.0. The van der Waals surface area contributed by atoms with Gasteiger partial charge in [-0.2, -0.15) is 0 Å². The highest BCUT2D eigenvalue weighted by Gasteiger charge is 2.22. The number of hydrogen-bond acceptors (Lipinski definition) is 2. The molecule has 2 heterocycles. The number of aromatic nitrogens is 2. The van der Waals surface area contributed by atoms with Gasteiger partial charge in [-0.3, -0.25) is 9.97 Å². The summed E-state index contributed by atoms with van der Waals surface area (Å²) in [5, 5.41) is 2.63. The molecular formula is C28H28N2. The van der Waals surface area contributed by atoms with Gasteiger partial charge in [-0.15, -0.1) is 0 Å². The monoisotopic (exact) mass is 392 g/mol. The third-order valence-electron chi connectivity index (χ3n) is 6.40. The Morgan fingerprint density at radius 1 is 0.800 bits per heavy atom. The van der Waals surface area contributed by atoms with E-state index in [1.165, 1.54) is 44.2 Å². The predicted molar refractivity (Wildman–Crippen MR) is 126 cm³/mol. The van der Waals surface area contributed by atoms with Crippen LogP contribution in [0.4, 0.5) is 0 Å². The van der Waals surface area contributed by atoms with Gasteiger partial charge in [-0.05, 0) is 75.9 Å². The maximum atomic E-state index is 4.88. The van der Waals surface area contributed by atoms with Crippen molar-refractivity contribution < 1.29 is 0 Å². The first-order chi connectivity index (χ1) is 14.5. The normalized spacial score (nSPS) is 13.0. The molecule has 4 aromatic rings. The van der Waals surface area contributed by atoms with Crippen molar-refractivity contribution in [2.24, 2.45) is 0 Å². The van der Waals surface area contributed by atoms with Crippen molar-refractivity contribution in [2.75, 3.05) is 0 Å². The molecule has 0 radical (unpaired) electrons. The van der Waals surface area contributed by atoms with Crippen molar-refractivity contribution in [3.05, 3.63) is 83.2 Å². The Labute approximate surface area is 179 Å². The molecule has 0 saturated carbocycles. The van der Waals surface area contributed by atoms with Crippen LogP contribution in [-0.4, -0.2) is 9.97 Å². The molecule has 1 aliphatic carbocycles. The predicted octanol–water partition coefficient (Wildman–Crippen LogP) is 7.31. The minimum Gasteiger partial charge on any atom is -0.256 e. The number of rotatable bonds is 3. The van der Waals surface area contributed by atoms with E-state index in [1.54, 1.807) is 0 Å². The Morgan fingerprint density at radius 2 is 1.63 bits per heavy atom. The van der Waals surface area contributed by atoms with Crippen LogP contribution in [-0.2, 0) is 12.8 Å². The SMILES string of the molecule is CC(C)c1cnc2c(c1)CCc1c-2ccnc1-c1cc(C(C)C)c2ccccc2c1. The Balaban J connectivity index is 1.69. The lowest BCUT2D eigenvalue weighted by Crippen LogP contribution is -2.09. The van der Waals surface area contributed by atoms with E-state index in [9.17, 15) is 0 Å². The second-order valence-electron chi connectivity index (χ2n) is 9.06. The molecule has 5 rings (SSSR count). The summed E-state index contributed by atoms with van der Waals surface area (Å²) in [6.45, 7) is 9.00. The molecule has 0 atom stereocenters. The van der Waals surface area contributed by atoms with Crippen molar-refractivity contribution in [3.8, 4) is 22.5 Å². The van der Waals surface area contributed by atoms with Gasteiger partial charge in [0.1, 0.15) is 0 Å². The van der Waals surface area contributed by atoms with Gasteiger partial charge in [-0.1, -0.05) is 58.0 Å². The Bertz CT molecular complexity index is 1250. The number of hydrogen-bond donors (Lipinski definition) is 0. The first kappa shape index (κ1) is 19.0. The Morgan fingerprint density at radius 3 is 2.43 bits per heavy atom. The average molecular weight is 393 g/mol. The van der Waals surface area contributed by atoms with E-state index in [4.69, 9.17) is 9.97 Å². The minimum absolute atomic E-state index is 0.464. The molecular weight excluding hydrogens is 364 g/mol. The van der Waals surface area contributed by atoms with Crippen molar-refractivity contribution >= 4 is 10.8 Å². The van der Waals surface area contributed by atoms with Crippen LogP contribution >= 0.6 is 0 Å². The maximum Gasteiger partial charge on any atom is 0.0741 e. The quantitative estimate of drug-likeness (QED) is 0.365. The number of aryl methyl sites for hydroxylation is 1. The summed E-state index contributed by atoms with van der Waals surface area (Å²) in [6, 6.07) is 17.8. The van der Waals surface area contributed by atoms with Crippen LogP contribution in [0.1, 0.15) is 61.8 Å². The first-order valence-electron chi connectivity index (χ1n) is 11.0. The molecule has 2 heteroatoms. The fourth-order valence-corrected chi connectivity index (χ4v) is 4.71. The van der Waals surface area contributed by atoms with E-state index in [0.717, 1.165) is 24.2 Å². The zero-order valence-corrected chi connectivity index (χ0v) is 18.2. The third kappa shape index (κ3) is 3.11. The highest BCUT2D eigenvalue weighted by Crippen LogP contribution is 2.39. The molecule has 0 bridgehead atoms. The molecule has 0 N–H and O–H groups in total. The van der Waals surface area contributed by atoms with Gasteiger partial charge in [0.15, 0.2) is 0 Å². The van der Waals surface area contributed by atoms with E-state index in [-0.39, 0.29) is 0 Å².